The molecule has 33 heavy (non-hydrogen) atoms. The largest absolute Gasteiger partial charge is 0.456 e. The second-order valence-corrected chi connectivity index (χ2v) is 11.6. The number of para-hydroxylation sites is 1. The van der Waals surface area contributed by atoms with E-state index in [1.165, 1.54) is 17.8 Å². The first-order chi connectivity index (χ1) is 15.7. The fraction of sp³-hybridized carbons (Fsp3) is 0.273. The van der Waals surface area contributed by atoms with Crippen molar-refractivity contribution in [2.24, 2.45) is 0 Å². The molecule has 1 unspecified atom stereocenters. The predicted molar refractivity (Wildman–Crippen MR) is 124 cm³/mol. The van der Waals surface area contributed by atoms with Gasteiger partial charge in [-0.15, -0.1) is 0 Å². The number of carbonyl (C=O) groups is 1. The number of rotatable bonds is 6. The van der Waals surface area contributed by atoms with Crippen LogP contribution in [0.5, 0.6) is 11.5 Å². The number of nitrogens with zero attached hydrogens (tertiary/aromatic N) is 3. The summed E-state index contributed by atoms with van der Waals surface area (Å²) in [5, 5.41) is 9.25. The van der Waals surface area contributed by atoms with Gasteiger partial charge in [0.2, 0.25) is 10.0 Å². The second kappa shape index (κ2) is 9.18. The highest BCUT2D eigenvalue weighted by Crippen LogP contribution is 2.40. The van der Waals surface area contributed by atoms with Gasteiger partial charge in [-0.3, -0.25) is 10.0 Å². The molecule has 4 rings (SSSR count). The van der Waals surface area contributed by atoms with Crippen LogP contribution in [0.15, 0.2) is 72.1 Å². The van der Waals surface area contributed by atoms with Crippen molar-refractivity contribution in [1.29, 1.82) is 0 Å². The maximum atomic E-state index is 13.7. The average Bonchev–Trinajstić information content (AvgIpc) is 3.33. The van der Waals surface area contributed by atoms with Gasteiger partial charge < -0.3 is 9.30 Å². The maximum absolute atomic E-state index is 13.7. The van der Waals surface area contributed by atoms with E-state index in [0.29, 0.717) is 11.5 Å². The zero-order valence-electron chi connectivity index (χ0n) is 18.1. The molecular formula is C22H24N4O5S2. The first-order valence-corrected chi connectivity index (χ1v) is 12.6. The van der Waals surface area contributed by atoms with Gasteiger partial charge in [-0.25, -0.2) is 18.9 Å². The summed E-state index contributed by atoms with van der Waals surface area (Å²) in [6.07, 6.45) is 5.17. The van der Waals surface area contributed by atoms with E-state index in [4.69, 9.17) is 4.74 Å². The topological polar surface area (TPSA) is 114 Å². The van der Waals surface area contributed by atoms with Crippen molar-refractivity contribution in [1.82, 2.24) is 19.3 Å². The number of imidazole rings is 1. The Hall–Kier alpha value is -2.86. The molecule has 1 atom stereocenters. The van der Waals surface area contributed by atoms with Gasteiger partial charge in [-0.05, 0) is 50.2 Å². The Morgan fingerprint density at radius 2 is 1.94 bits per heavy atom. The van der Waals surface area contributed by atoms with Gasteiger partial charge in [-0.1, -0.05) is 12.1 Å². The van der Waals surface area contributed by atoms with Crippen LogP contribution in [0.2, 0.25) is 0 Å². The van der Waals surface area contributed by atoms with E-state index < -0.39 is 26.7 Å². The maximum Gasteiger partial charge on any atom is 0.263 e. The summed E-state index contributed by atoms with van der Waals surface area (Å²) < 4.78 is 35.6. The molecule has 9 nitrogen and oxygen atoms in total. The van der Waals surface area contributed by atoms with Crippen LogP contribution in [-0.4, -0.2) is 56.5 Å². The molecule has 0 bridgehead atoms. The molecule has 2 heterocycles. The molecule has 3 aromatic rings. The van der Waals surface area contributed by atoms with Gasteiger partial charge in [0.15, 0.2) is 0 Å². The summed E-state index contributed by atoms with van der Waals surface area (Å²) in [7, 11) is -4.12. The number of hydrogen-bond acceptors (Lipinski definition) is 7. The second-order valence-electron chi connectivity index (χ2n) is 7.96. The van der Waals surface area contributed by atoms with Crippen LogP contribution in [0.3, 0.4) is 0 Å². The summed E-state index contributed by atoms with van der Waals surface area (Å²) in [5.74, 6) is 0.345. The Kier molecular flexibility index (Phi) is 6.48. The molecule has 1 aliphatic heterocycles. The van der Waals surface area contributed by atoms with Gasteiger partial charge in [-0.2, -0.15) is 16.1 Å². The number of hydrogen-bond donors (Lipinski definition) is 2. The summed E-state index contributed by atoms with van der Waals surface area (Å²) in [6.45, 7) is 3.69. The molecule has 1 aromatic heterocycles. The van der Waals surface area contributed by atoms with E-state index >= 15 is 0 Å². The Morgan fingerprint density at radius 3 is 2.61 bits per heavy atom. The Morgan fingerprint density at radius 1 is 1.21 bits per heavy atom. The summed E-state index contributed by atoms with van der Waals surface area (Å²) in [5.41, 5.74) is 2.50. The van der Waals surface area contributed by atoms with E-state index in [1.807, 2.05) is 22.9 Å². The highest BCUT2D eigenvalue weighted by molar-refractivity contribution is 8.01. The van der Waals surface area contributed by atoms with Crippen molar-refractivity contribution in [3.05, 3.63) is 67.3 Å². The van der Waals surface area contributed by atoms with Crippen molar-refractivity contribution in [3.8, 4) is 17.2 Å². The number of amides is 1. The highest BCUT2D eigenvalue weighted by atomic mass is 32.2. The number of ether oxygens (including phenoxy) is 1. The lowest BCUT2D eigenvalue weighted by molar-refractivity contribution is -0.134. The molecular weight excluding hydrogens is 464 g/mol. The number of thioether (sulfide) groups is 1. The quantitative estimate of drug-likeness (QED) is 0.405. The average molecular weight is 489 g/mol. The summed E-state index contributed by atoms with van der Waals surface area (Å²) in [4.78, 5) is 16.4. The van der Waals surface area contributed by atoms with E-state index in [2.05, 4.69) is 4.98 Å². The summed E-state index contributed by atoms with van der Waals surface area (Å²) in [6, 6.07) is 12.4. The van der Waals surface area contributed by atoms with Crippen LogP contribution in [0, 0.1) is 0 Å². The van der Waals surface area contributed by atoms with Crippen molar-refractivity contribution >= 4 is 27.7 Å². The first-order valence-electron chi connectivity index (χ1n) is 10.2. The number of nitrogens with one attached hydrogen (secondary N) is 1. The van der Waals surface area contributed by atoms with Crippen LogP contribution in [0.25, 0.3) is 5.69 Å². The lowest BCUT2D eigenvalue weighted by Crippen LogP contribution is -2.61. The minimum atomic E-state index is -4.12. The standard InChI is InChI=1S/C22H24N4O5S2/c1-22(2)20(21(27)24-28)26(13-14-32-22)33(29,30)19-6-4-3-5-18(19)31-17-9-7-16(8-10-17)25-12-11-23-15-25/h3-12,15,20,28H,13-14H2,1-2H3,(H,24,27). The van der Waals surface area contributed by atoms with Gasteiger partial charge in [0.1, 0.15) is 22.4 Å². The fourth-order valence-electron chi connectivity index (χ4n) is 3.82. The molecule has 2 N–H and O–H groups in total. The van der Waals surface area contributed by atoms with Gasteiger partial charge in [0, 0.05) is 35.1 Å². The highest BCUT2D eigenvalue weighted by Gasteiger charge is 2.48. The first kappa shape index (κ1) is 23.3. The van der Waals surface area contributed by atoms with Crippen LogP contribution in [0.1, 0.15) is 13.8 Å². The third-order valence-electron chi connectivity index (χ3n) is 5.39. The minimum absolute atomic E-state index is 0.0536. The number of hydroxylamine groups is 1. The molecule has 0 aliphatic carbocycles. The van der Waals surface area contributed by atoms with Crippen molar-refractivity contribution in [2.45, 2.75) is 29.5 Å². The minimum Gasteiger partial charge on any atom is -0.456 e. The van der Waals surface area contributed by atoms with Crippen LogP contribution in [0.4, 0.5) is 0 Å². The lowest BCUT2D eigenvalue weighted by Gasteiger charge is -2.43. The number of aromatic nitrogens is 2. The molecule has 1 fully saturated rings. The SMILES string of the molecule is CC1(C)SCCN(S(=O)(=O)c2ccccc2Oc2ccc(-n3ccnc3)cc2)C1C(=O)NO. The van der Waals surface area contributed by atoms with Crippen molar-refractivity contribution in [3.63, 3.8) is 0 Å². The summed E-state index contributed by atoms with van der Waals surface area (Å²) >= 11 is 1.48. The molecule has 1 aliphatic rings. The van der Waals surface area contributed by atoms with Crippen molar-refractivity contribution < 1.29 is 23.2 Å². The Labute approximate surface area is 196 Å². The molecule has 2 aromatic carbocycles. The lowest BCUT2D eigenvalue weighted by atomic mass is 10.0. The smallest absolute Gasteiger partial charge is 0.263 e. The number of sulfonamides is 1. The molecule has 0 saturated carbocycles. The molecule has 1 saturated heterocycles. The van der Waals surface area contributed by atoms with Crippen LogP contribution < -0.4 is 10.2 Å². The zero-order valence-corrected chi connectivity index (χ0v) is 19.7. The van der Waals surface area contributed by atoms with Gasteiger partial charge in [0.05, 0.1) is 6.33 Å². The van der Waals surface area contributed by atoms with Gasteiger partial charge >= 0.3 is 0 Å². The third-order valence-corrected chi connectivity index (χ3v) is 8.65. The predicted octanol–water partition coefficient (Wildman–Crippen LogP) is 3.05. The number of carbonyl (C=O) groups excluding carboxylic acids is 1. The third kappa shape index (κ3) is 4.62. The van der Waals surface area contributed by atoms with E-state index in [-0.39, 0.29) is 17.2 Å². The fourth-order valence-corrected chi connectivity index (χ4v) is 7.04. The molecule has 0 spiro atoms. The molecule has 1 amide bonds. The van der Waals surface area contributed by atoms with Gasteiger partial charge in [0.25, 0.3) is 5.91 Å². The normalized spacial score (nSPS) is 18.6. The Bertz CT molecular complexity index is 1230. The van der Waals surface area contributed by atoms with E-state index in [0.717, 1.165) is 9.99 Å². The van der Waals surface area contributed by atoms with Crippen molar-refractivity contribution in [2.75, 3.05) is 12.3 Å². The number of benzene rings is 2. The van der Waals surface area contributed by atoms with E-state index in [9.17, 15) is 18.4 Å². The molecule has 174 valence electrons. The molecule has 0 radical (unpaired) electrons. The monoisotopic (exact) mass is 488 g/mol. The van der Waals surface area contributed by atoms with Crippen LogP contribution in [-0.2, 0) is 14.8 Å². The van der Waals surface area contributed by atoms with E-state index in [1.54, 1.807) is 62.2 Å². The zero-order chi connectivity index (χ0) is 23.6. The molecule has 11 heteroatoms. The van der Waals surface area contributed by atoms with Crippen LogP contribution >= 0.6 is 11.8 Å². The Balaban J connectivity index is 1.66.